The molecule has 0 aromatic heterocycles. The Morgan fingerprint density at radius 2 is 1.53 bits per heavy atom. The molecule has 184 valence electrons. The van der Waals surface area contributed by atoms with Crippen LogP contribution in [0.15, 0.2) is 102 Å². The van der Waals surface area contributed by atoms with E-state index in [0.717, 1.165) is 22.3 Å². The number of esters is 1. The second-order valence-corrected chi connectivity index (χ2v) is 10.3. The molecule has 1 fully saturated rings. The first kappa shape index (κ1) is 24.5. The predicted molar refractivity (Wildman–Crippen MR) is 144 cm³/mol. The van der Waals surface area contributed by atoms with Gasteiger partial charge >= 0.3 is 5.97 Å². The van der Waals surface area contributed by atoms with Crippen molar-refractivity contribution in [2.75, 3.05) is 18.2 Å². The number of nitrogens with zero attached hydrogens (tertiary/aromatic N) is 1. The number of fused-ring (bicyclic) bond motifs is 1. The van der Waals surface area contributed by atoms with Gasteiger partial charge in [0.1, 0.15) is 5.70 Å². The highest BCUT2D eigenvalue weighted by atomic mass is 35.5. The summed E-state index contributed by atoms with van der Waals surface area (Å²) in [6.07, 6.45) is -0.193. The van der Waals surface area contributed by atoms with Gasteiger partial charge < -0.3 is 15.0 Å². The molecule has 7 heteroatoms. The van der Waals surface area contributed by atoms with Gasteiger partial charge in [-0.3, -0.25) is 4.79 Å². The smallest absolute Gasteiger partial charge is 0.355 e. The van der Waals surface area contributed by atoms with Crippen LogP contribution < -0.4 is 5.32 Å². The van der Waals surface area contributed by atoms with Crippen molar-refractivity contribution in [3.8, 4) is 0 Å². The van der Waals surface area contributed by atoms with Gasteiger partial charge in [0.05, 0.1) is 17.8 Å². The van der Waals surface area contributed by atoms with Crippen LogP contribution >= 0.6 is 23.4 Å². The maximum Gasteiger partial charge on any atom is 0.355 e. The molecule has 1 N–H and O–H groups in total. The normalized spacial score (nSPS) is 18.9. The summed E-state index contributed by atoms with van der Waals surface area (Å²) < 4.78 is 6.15. The Labute approximate surface area is 220 Å². The van der Waals surface area contributed by atoms with Crippen molar-refractivity contribution in [2.45, 2.75) is 23.9 Å². The van der Waals surface area contributed by atoms with Crippen LogP contribution in [-0.4, -0.2) is 46.4 Å². The molecule has 5 nitrogen and oxygen atoms in total. The van der Waals surface area contributed by atoms with E-state index in [4.69, 9.17) is 16.3 Å². The molecule has 3 aromatic carbocycles. The second-order valence-electron chi connectivity index (χ2n) is 8.88. The largest absolute Gasteiger partial charge is 0.448 e. The van der Waals surface area contributed by atoms with E-state index in [-0.39, 0.29) is 29.2 Å². The van der Waals surface area contributed by atoms with E-state index in [2.05, 4.69) is 5.32 Å². The van der Waals surface area contributed by atoms with Crippen molar-refractivity contribution in [3.63, 3.8) is 0 Å². The van der Waals surface area contributed by atoms with E-state index in [9.17, 15) is 9.59 Å². The summed E-state index contributed by atoms with van der Waals surface area (Å²) in [4.78, 5) is 28.3. The number of benzene rings is 3. The summed E-state index contributed by atoms with van der Waals surface area (Å²) in [5.41, 5.74) is 4.17. The Kier molecular flexibility index (Phi) is 7.63. The maximum absolute atomic E-state index is 13.6. The first-order valence-electron chi connectivity index (χ1n) is 11.9. The number of halogens is 1. The molecule has 2 unspecified atom stereocenters. The molecular formula is C29H27ClN2O3S. The highest BCUT2D eigenvalue weighted by Gasteiger charge is 2.47. The Balaban J connectivity index is 1.31. The first-order valence-corrected chi connectivity index (χ1v) is 13.5. The molecule has 0 saturated carbocycles. The molecule has 2 aliphatic heterocycles. The monoisotopic (exact) mass is 518 g/mol. The number of amides is 1. The molecule has 0 spiro atoms. The molecular weight excluding hydrogens is 492 g/mol. The molecule has 1 saturated heterocycles. The highest BCUT2D eigenvalue weighted by Crippen LogP contribution is 2.41. The Morgan fingerprint density at radius 3 is 2.11 bits per heavy atom. The van der Waals surface area contributed by atoms with Crippen LogP contribution in [-0.2, 0) is 20.7 Å². The van der Waals surface area contributed by atoms with Gasteiger partial charge in [-0.05, 0) is 22.3 Å². The molecule has 36 heavy (non-hydrogen) atoms. The zero-order valence-electron chi connectivity index (χ0n) is 19.7. The number of hydrogen-bond donors (Lipinski definition) is 1. The predicted octanol–water partition coefficient (Wildman–Crippen LogP) is 4.93. The molecule has 1 amide bonds. The minimum atomic E-state index is -0.528. The summed E-state index contributed by atoms with van der Waals surface area (Å²) in [5, 5.41) is 3.12. The fourth-order valence-electron chi connectivity index (χ4n) is 4.63. The van der Waals surface area contributed by atoms with Crippen LogP contribution in [0.4, 0.5) is 0 Å². The second kappa shape index (κ2) is 11.2. The number of nitrogens with one attached hydrogen (secondary N) is 1. The number of carbonyl (C=O) groups is 2. The zero-order chi connectivity index (χ0) is 24.9. The molecule has 3 aromatic rings. The summed E-state index contributed by atoms with van der Waals surface area (Å²) in [5.74, 6) is 0.479. The van der Waals surface area contributed by atoms with Gasteiger partial charge in [0.25, 0.3) is 0 Å². The number of alkyl halides is 1. The Bertz CT molecular complexity index is 1200. The van der Waals surface area contributed by atoms with Gasteiger partial charge in [-0.1, -0.05) is 91.0 Å². The van der Waals surface area contributed by atoms with Crippen molar-refractivity contribution in [1.82, 2.24) is 10.2 Å². The highest BCUT2D eigenvalue weighted by molar-refractivity contribution is 8.00. The molecule has 2 aliphatic rings. The Morgan fingerprint density at radius 1 is 0.944 bits per heavy atom. The van der Waals surface area contributed by atoms with Crippen LogP contribution in [0.5, 0.6) is 0 Å². The van der Waals surface area contributed by atoms with E-state index >= 15 is 0 Å². The van der Waals surface area contributed by atoms with Crippen LogP contribution in [0.2, 0.25) is 0 Å². The molecule has 0 aliphatic carbocycles. The van der Waals surface area contributed by atoms with Gasteiger partial charge in [0.15, 0.2) is 6.10 Å². The van der Waals surface area contributed by atoms with Gasteiger partial charge in [0.2, 0.25) is 5.91 Å². The third-order valence-electron chi connectivity index (χ3n) is 6.43. The average Bonchev–Trinajstić information content (AvgIpc) is 2.91. The van der Waals surface area contributed by atoms with Crippen LogP contribution in [0.3, 0.4) is 0 Å². The summed E-state index contributed by atoms with van der Waals surface area (Å²) >= 11 is 7.96. The summed E-state index contributed by atoms with van der Waals surface area (Å²) in [6.45, 7) is 0.546. The topological polar surface area (TPSA) is 58.6 Å². The van der Waals surface area contributed by atoms with E-state index in [1.165, 1.54) is 0 Å². The lowest BCUT2D eigenvalue weighted by atomic mass is 10.0. The number of thioether (sulfide) groups is 1. The molecule has 0 radical (unpaired) electrons. The first-order chi connectivity index (χ1) is 17.6. The van der Waals surface area contributed by atoms with E-state index < -0.39 is 6.10 Å². The van der Waals surface area contributed by atoms with Gasteiger partial charge in [0, 0.05) is 18.2 Å². The van der Waals surface area contributed by atoms with Gasteiger partial charge in [-0.15, -0.1) is 23.4 Å². The zero-order valence-corrected chi connectivity index (χ0v) is 21.3. The third kappa shape index (κ3) is 5.30. The molecule has 2 atom stereocenters. The number of hydrogen-bond acceptors (Lipinski definition) is 5. The number of rotatable bonds is 8. The van der Waals surface area contributed by atoms with E-state index in [1.54, 1.807) is 11.8 Å². The SMILES string of the molecule is O=C(Cc1ccccc1)NC1CN2C(C(=O)OC(c3ccccc3)c3ccccc3)=C(CCl)CSC12. The quantitative estimate of drug-likeness (QED) is 0.338. The average molecular weight is 519 g/mol. The lowest BCUT2D eigenvalue weighted by Crippen LogP contribution is -2.66. The molecule has 2 heterocycles. The van der Waals surface area contributed by atoms with Crippen molar-refractivity contribution >= 4 is 35.2 Å². The summed E-state index contributed by atoms with van der Waals surface area (Å²) in [7, 11) is 0. The third-order valence-corrected chi connectivity index (χ3v) is 8.20. The minimum absolute atomic E-state index is 0.0177. The van der Waals surface area contributed by atoms with Gasteiger partial charge in [-0.25, -0.2) is 4.79 Å². The maximum atomic E-state index is 13.6. The van der Waals surface area contributed by atoms with E-state index in [0.29, 0.717) is 24.4 Å². The fourth-order valence-corrected chi connectivity index (χ4v) is 6.34. The molecule has 5 rings (SSSR count). The van der Waals surface area contributed by atoms with Crippen LogP contribution in [0, 0.1) is 0 Å². The minimum Gasteiger partial charge on any atom is -0.448 e. The summed E-state index contributed by atoms with van der Waals surface area (Å²) in [6, 6.07) is 29.1. The van der Waals surface area contributed by atoms with Crippen molar-refractivity contribution in [2.24, 2.45) is 0 Å². The van der Waals surface area contributed by atoms with Crippen LogP contribution in [0.1, 0.15) is 22.8 Å². The number of ether oxygens (including phenoxy) is 1. The van der Waals surface area contributed by atoms with E-state index in [1.807, 2.05) is 95.9 Å². The lowest BCUT2D eigenvalue weighted by Gasteiger charge is -2.52. The fraction of sp³-hybridized carbons (Fsp3) is 0.241. The van der Waals surface area contributed by atoms with Crippen molar-refractivity contribution < 1.29 is 14.3 Å². The lowest BCUT2D eigenvalue weighted by molar-refractivity contribution is -0.146. The number of carbonyl (C=O) groups excluding carboxylic acids is 2. The Hall–Kier alpha value is -3.22. The van der Waals surface area contributed by atoms with Crippen molar-refractivity contribution in [3.05, 3.63) is 119 Å². The van der Waals surface area contributed by atoms with Crippen molar-refractivity contribution in [1.29, 1.82) is 0 Å². The standard InChI is InChI=1S/C29H27ClN2O3S/c30-17-23-19-36-28-24(31-25(33)16-20-10-4-1-5-11-20)18-32(28)26(23)29(34)35-27(21-12-6-2-7-13-21)22-14-8-3-9-15-22/h1-15,24,27-28H,16-19H2,(H,31,33). The van der Waals surface area contributed by atoms with Gasteiger partial charge in [-0.2, -0.15) is 0 Å². The molecule has 0 bridgehead atoms. The van der Waals surface area contributed by atoms with Crippen LogP contribution in [0.25, 0.3) is 0 Å².